The topological polar surface area (TPSA) is 85.4 Å². The van der Waals surface area contributed by atoms with Gasteiger partial charge in [-0.1, -0.05) is 25.2 Å². The Hall–Kier alpha value is -3.46. The Bertz CT molecular complexity index is 1220. The van der Waals surface area contributed by atoms with Gasteiger partial charge in [-0.25, -0.2) is 9.37 Å². The lowest BCUT2D eigenvalue weighted by Crippen LogP contribution is -2.54. The van der Waals surface area contributed by atoms with Gasteiger partial charge in [-0.05, 0) is 62.9 Å². The number of nitrogens with one attached hydrogen (secondary N) is 3. The Balaban J connectivity index is 1.34. The summed E-state index contributed by atoms with van der Waals surface area (Å²) < 4.78 is 14.9. The summed E-state index contributed by atoms with van der Waals surface area (Å²) in [6, 6.07) is 5.98. The predicted octanol–water partition coefficient (Wildman–Crippen LogP) is 4.25. The number of hydrogen-bond donors (Lipinski definition) is 3. The van der Waals surface area contributed by atoms with E-state index in [-0.39, 0.29) is 29.6 Å². The number of halogens is 1. The van der Waals surface area contributed by atoms with Crippen LogP contribution in [0.1, 0.15) is 31.7 Å². The summed E-state index contributed by atoms with van der Waals surface area (Å²) in [6.07, 6.45) is 9.40. The fourth-order valence-electron chi connectivity index (χ4n) is 5.47. The maximum Gasteiger partial charge on any atom is 0.232 e. The highest BCUT2D eigenvalue weighted by Gasteiger charge is 2.47. The van der Waals surface area contributed by atoms with Crippen LogP contribution in [0.3, 0.4) is 0 Å². The number of nitrogens with zero attached hydrogens (tertiary/aromatic N) is 4. The highest BCUT2D eigenvalue weighted by atomic mass is 19.1. The highest BCUT2D eigenvalue weighted by Crippen LogP contribution is 2.40. The summed E-state index contributed by atoms with van der Waals surface area (Å²) in [5.41, 5.74) is 2.30. The number of carbonyl (C=O) groups excluding carboxylic acids is 1. The molecule has 1 aromatic carbocycles. The Kier molecular flexibility index (Phi) is 7.38. The van der Waals surface area contributed by atoms with Crippen LogP contribution in [0, 0.1) is 24.1 Å². The van der Waals surface area contributed by atoms with Crippen molar-refractivity contribution in [3.05, 3.63) is 60.6 Å². The number of benzene rings is 1. The van der Waals surface area contributed by atoms with E-state index in [4.69, 9.17) is 0 Å². The minimum absolute atomic E-state index is 0.0396. The summed E-state index contributed by atoms with van der Waals surface area (Å²) in [7, 11) is 2.15. The molecule has 1 saturated carbocycles. The van der Waals surface area contributed by atoms with Gasteiger partial charge < -0.3 is 25.8 Å². The zero-order valence-electron chi connectivity index (χ0n) is 22.5. The molecule has 1 aliphatic heterocycles. The second-order valence-electron chi connectivity index (χ2n) is 10.9. The summed E-state index contributed by atoms with van der Waals surface area (Å²) in [4.78, 5) is 26.7. The van der Waals surface area contributed by atoms with E-state index in [1.54, 1.807) is 6.08 Å². The molecular formula is C29H38FN7O. The van der Waals surface area contributed by atoms with Gasteiger partial charge in [0.1, 0.15) is 0 Å². The van der Waals surface area contributed by atoms with E-state index in [2.05, 4.69) is 68.4 Å². The molecule has 8 nitrogen and oxygen atoms in total. The summed E-state index contributed by atoms with van der Waals surface area (Å²) in [5.74, 6) is -0.341. The third kappa shape index (κ3) is 5.38. The van der Waals surface area contributed by atoms with Crippen molar-refractivity contribution >= 4 is 29.0 Å². The lowest BCUT2D eigenvalue weighted by Gasteiger charge is -2.42. The first-order valence-electron chi connectivity index (χ1n) is 13.5. The number of hydrogen-bond acceptors (Lipinski definition) is 7. The predicted molar refractivity (Wildman–Crippen MR) is 150 cm³/mol. The molecule has 0 unspecified atom stereocenters. The van der Waals surface area contributed by atoms with Gasteiger partial charge in [0.15, 0.2) is 11.6 Å². The van der Waals surface area contributed by atoms with Crippen LogP contribution in [0.25, 0.3) is 0 Å². The van der Waals surface area contributed by atoms with Crippen LogP contribution in [0.5, 0.6) is 0 Å². The molecule has 3 aliphatic rings. The second kappa shape index (κ2) is 10.7. The molecule has 0 radical (unpaired) electrons. The van der Waals surface area contributed by atoms with Crippen LogP contribution in [0.2, 0.25) is 0 Å². The first-order valence-corrected chi connectivity index (χ1v) is 13.5. The van der Waals surface area contributed by atoms with Gasteiger partial charge in [0.05, 0.1) is 17.7 Å². The molecule has 5 rings (SSSR count). The SMILES string of the molecule is C=C[C@@]1(C(=O)NC2CC2)CC=C[C@H](C)[C@@H]1Nc1nc(Nc2ccc(N3CCN(C)CC3)c(C)c2)ncc1F. The first kappa shape index (κ1) is 26.2. The van der Waals surface area contributed by atoms with E-state index in [0.29, 0.717) is 6.42 Å². The first-order chi connectivity index (χ1) is 18.3. The number of anilines is 4. The second-order valence-corrected chi connectivity index (χ2v) is 10.9. The van der Waals surface area contributed by atoms with E-state index < -0.39 is 17.3 Å². The van der Waals surface area contributed by atoms with E-state index in [1.807, 2.05) is 25.1 Å². The Morgan fingerprint density at radius 1 is 1.24 bits per heavy atom. The molecule has 2 fully saturated rings. The van der Waals surface area contributed by atoms with Crippen LogP contribution < -0.4 is 20.9 Å². The Morgan fingerprint density at radius 2 is 2.00 bits per heavy atom. The van der Waals surface area contributed by atoms with Crippen molar-refractivity contribution < 1.29 is 9.18 Å². The van der Waals surface area contributed by atoms with Gasteiger partial charge in [0.25, 0.3) is 0 Å². The molecule has 2 heterocycles. The highest BCUT2D eigenvalue weighted by molar-refractivity contribution is 5.87. The van der Waals surface area contributed by atoms with E-state index in [9.17, 15) is 9.18 Å². The lowest BCUT2D eigenvalue weighted by atomic mass is 9.68. The Labute approximate surface area is 224 Å². The number of aryl methyl sites for hydroxylation is 1. The van der Waals surface area contributed by atoms with Gasteiger partial charge >= 0.3 is 0 Å². The number of allylic oxidation sites excluding steroid dienone is 1. The molecule has 9 heteroatoms. The third-order valence-electron chi connectivity index (χ3n) is 8.01. The summed E-state index contributed by atoms with van der Waals surface area (Å²) >= 11 is 0. The molecule has 3 N–H and O–H groups in total. The van der Waals surface area contributed by atoms with Gasteiger partial charge in [-0.2, -0.15) is 4.98 Å². The number of likely N-dealkylation sites (N-methyl/N-ethyl adjacent to an activating group) is 1. The molecule has 2 aliphatic carbocycles. The quantitative estimate of drug-likeness (QED) is 0.450. The largest absolute Gasteiger partial charge is 0.369 e. The normalized spacial score (nSPS) is 25.6. The standard InChI is InChI=1S/C29H38FN7O/c1-5-29(27(38)32-21-8-9-21)12-6-7-19(2)25(29)34-26-23(30)18-31-28(35-26)33-22-10-11-24(20(3)17-22)37-15-13-36(4)14-16-37/h5-7,10-11,17-19,21,25H,1,8-9,12-16H2,2-4H3,(H,32,38)(H2,31,33,34,35)/t19-,25-,29+/m0/s1. The third-order valence-corrected chi connectivity index (χ3v) is 8.01. The van der Waals surface area contributed by atoms with Crippen molar-refractivity contribution in [1.82, 2.24) is 20.2 Å². The number of rotatable bonds is 8. The minimum atomic E-state index is -0.905. The van der Waals surface area contributed by atoms with Gasteiger partial charge in [-0.3, -0.25) is 4.79 Å². The average molecular weight is 520 g/mol. The fourth-order valence-corrected chi connectivity index (χ4v) is 5.47. The zero-order valence-corrected chi connectivity index (χ0v) is 22.5. The van der Waals surface area contributed by atoms with Gasteiger partial charge in [0, 0.05) is 43.6 Å². The van der Waals surface area contributed by atoms with E-state index >= 15 is 0 Å². The Morgan fingerprint density at radius 3 is 2.68 bits per heavy atom. The maximum atomic E-state index is 14.9. The number of carbonyl (C=O) groups is 1. The molecule has 38 heavy (non-hydrogen) atoms. The van der Waals surface area contributed by atoms with Crippen LogP contribution in [0.4, 0.5) is 27.5 Å². The lowest BCUT2D eigenvalue weighted by molar-refractivity contribution is -0.130. The van der Waals surface area contributed by atoms with Crippen molar-refractivity contribution in [2.75, 3.05) is 48.8 Å². The average Bonchev–Trinajstić information content (AvgIpc) is 3.72. The van der Waals surface area contributed by atoms with Crippen LogP contribution in [0.15, 0.2) is 49.2 Å². The molecule has 1 aromatic heterocycles. The molecule has 202 valence electrons. The zero-order chi connectivity index (χ0) is 26.9. The summed E-state index contributed by atoms with van der Waals surface area (Å²) in [6.45, 7) is 12.2. The monoisotopic (exact) mass is 519 g/mol. The molecule has 1 saturated heterocycles. The van der Waals surface area contributed by atoms with Crippen LogP contribution >= 0.6 is 0 Å². The van der Waals surface area contributed by atoms with E-state index in [1.165, 1.54) is 5.69 Å². The van der Waals surface area contributed by atoms with Gasteiger partial charge in [0.2, 0.25) is 11.9 Å². The molecular weight excluding hydrogens is 481 g/mol. The number of aromatic nitrogens is 2. The molecule has 0 spiro atoms. The molecule has 2 aromatic rings. The molecule has 0 bridgehead atoms. The van der Waals surface area contributed by atoms with Crippen molar-refractivity contribution in [2.45, 2.75) is 45.2 Å². The molecule has 3 atom stereocenters. The van der Waals surface area contributed by atoms with Crippen molar-refractivity contribution in [3.8, 4) is 0 Å². The van der Waals surface area contributed by atoms with Crippen LogP contribution in [-0.2, 0) is 4.79 Å². The number of amides is 1. The summed E-state index contributed by atoms with van der Waals surface area (Å²) in [5, 5.41) is 9.59. The fraction of sp³-hybridized carbons (Fsp3) is 0.483. The van der Waals surface area contributed by atoms with Crippen molar-refractivity contribution in [3.63, 3.8) is 0 Å². The number of piperazine rings is 1. The molecule has 1 amide bonds. The van der Waals surface area contributed by atoms with Gasteiger partial charge in [-0.15, -0.1) is 6.58 Å². The van der Waals surface area contributed by atoms with Crippen molar-refractivity contribution in [1.29, 1.82) is 0 Å². The smallest absolute Gasteiger partial charge is 0.232 e. The minimum Gasteiger partial charge on any atom is -0.369 e. The van der Waals surface area contributed by atoms with Crippen LogP contribution in [-0.4, -0.2) is 66.1 Å². The van der Waals surface area contributed by atoms with E-state index in [0.717, 1.165) is 56.5 Å². The van der Waals surface area contributed by atoms with Crippen molar-refractivity contribution in [2.24, 2.45) is 11.3 Å². The maximum absolute atomic E-state index is 14.9.